The van der Waals surface area contributed by atoms with E-state index in [1.54, 1.807) is 0 Å². The van der Waals surface area contributed by atoms with E-state index >= 15 is 0 Å². The second kappa shape index (κ2) is 5.26. The Balaban J connectivity index is 1.74. The van der Waals surface area contributed by atoms with E-state index in [-0.39, 0.29) is 5.54 Å². The Bertz CT molecular complexity index is 439. The highest BCUT2D eigenvalue weighted by molar-refractivity contribution is 5.29. The lowest BCUT2D eigenvalue weighted by Gasteiger charge is -2.46. The van der Waals surface area contributed by atoms with Crippen LogP contribution in [0.3, 0.4) is 0 Å². The molecular formula is C17H26N2. The topological polar surface area (TPSA) is 29.3 Å². The first-order valence-electron chi connectivity index (χ1n) is 7.73. The quantitative estimate of drug-likeness (QED) is 0.899. The van der Waals surface area contributed by atoms with Gasteiger partial charge >= 0.3 is 0 Å². The minimum absolute atomic E-state index is 0.193. The van der Waals surface area contributed by atoms with Crippen molar-refractivity contribution in [1.29, 1.82) is 0 Å². The van der Waals surface area contributed by atoms with Crippen LogP contribution < -0.4 is 5.73 Å². The molecule has 1 saturated carbocycles. The van der Waals surface area contributed by atoms with Gasteiger partial charge in [0.2, 0.25) is 0 Å². The van der Waals surface area contributed by atoms with Crippen molar-refractivity contribution in [2.24, 2.45) is 11.7 Å². The normalized spacial score (nSPS) is 23.5. The summed E-state index contributed by atoms with van der Waals surface area (Å²) in [4.78, 5) is 2.63. The average Bonchev–Trinajstić information content (AvgIpc) is 2.42. The van der Waals surface area contributed by atoms with E-state index in [4.69, 9.17) is 5.73 Å². The summed E-state index contributed by atoms with van der Waals surface area (Å²) < 4.78 is 0. The van der Waals surface area contributed by atoms with E-state index in [0.29, 0.717) is 0 Å². The molecule has 0 saturated heterocycles. The second-order valence-electron chi connectivity index (χ2n) is 6.64. The fourth-order valence-electron chi connectivity index (χ4n) is 3.62. The van der Waals surface area contributed by atoms with Crippen LogP contribution in [0.1, 0.15) is 43.7 Å². The molecule has 1 fully saturated rings. The summed E-state index contributed by atoms with van der Waals surface area (Å²) in [5, 5.41) is 0. The molecule has 2 nitrogen and oxygen atoms in total. The lowest BCUT2D eigenvalue weighted by Crippen LogP contribution is -2.54. The van der Waals surface area contributed by atoms with Crippen molar-refractivity contribution in [3.8, 4) is 0 Å². The summed E-state index contributed by atoms with van der Waals surface area (Å²) in [5.41, 5.74) is 9.37. The van der Waals surface area contributed by atoms with Crippen molar-refractivity contribution in [2.45, 2.75) is 51.1 Å². The first kappa shape index (κ1) is 13.1. The Morgan fingerprint density at radius 2 is 2.00 bits per heavy atom. The maximum atomic E-state index is 6.14. The molecule has 2 heteroatoms. The molecule has 1 aliphatic heterocycles. The zero-order chi connectivity index (χ0) is 13.3. The van der Waals surface area contributed by atoms with Crippen LogP contribution in [0.15, 0.2) is 24.3 Å². The monoisotopic (exact) mass is 258 g/mol. The maximum Gasteiger partial charge on any atom is 0.0309 e. The van der Waals surface area contributed by atoms with Gasteiger partial charge in [0.25, 0.3) is 0 Å². The third kappa shape index (κ3) is 2.56. The van der Waals surface area contributed by atoms with Gasteiger partial charge in [-0.05, 0) is 36.8 Å². The van der Waals surface area contributed by atoms with Gasteiger partial charge in [-0.3, -0.25) is 4.90 Å². The first-order valence-corrected chi connectivity index (χ1v) is 7.73. The van der Waals surface area contributed by atoms with Crippen LogP contribution in [-0.4, -0.2) is 23.5 Å². The molecular weight excluding hydrogens is 232 g/mol. The molecule has 0 aromatic heterocycles. The summed E-state index contributed by atoms with van der Waals surface area (Å²) in [6, 6.07) is 8.87. The van der Waals surface area contributed by atoms with E-state index in [0.717, 1.165) is 25.6 Å². The van der Waals surface area contributed by atoms with Crippen LogP contribution in [0.25, 0.3) is 0 Å². The molecule has 1 atom stereocenters. The van der Waals surface area contributed by atoms with E-state index in [1.165, 1.54) is 43.2 Å². The lowest BCUT2D eigenvalue weighted by molar-refractivity contribution is 0.0562. The van der Waals surface area contributed by atoms with E-state index in [2.05, 4.69) is 36.1 Å². The van der Waals surface area contributed by atoms with E-state index in [1.807, 2.05) is 0 Å². The van der Waals surface area contributed by atoms with Gasteiger partial charge in [-0.1, -0.05) is 43.5 Å². The largest absolute Gasteiger partial charge is 0.329 e. The minimum atomic E-state index is 0.193. The van der Waals surface area contributed by atoms with Gasteiger partial charge in [0.1, 0.15) is 0 Å². The van der Waals surface area contributed by atoms with Crippen LogP contribution in [0, 0.1) is 5.92 Å². The standard InChI is InChI=1S/C17H26N2/c1-17(13-18,11-14-5-4-6-14)19-10-9-15-7-2-3-8-16(15)12-19/h2-3,7-8,14H,4-6,9-13,18H2,1H3. The molecule has 3 rings (SSSR count). The van der Waals surface area contributed by atoms with Gasteiger partial charge in [0.15, 0.2) is 0 Å². The Kier molecular flexibility index (Phi) is 3.64. The third-order valence-electron chi connectivity index (χ3n) is 5.29. The third-order valence-corrected chi connectivity index (χ3v) is 5.29. The van der Waals surface area contributed by atoms with Gasteiger partial charge in [-0.25, -0.2) is 0 Å². The van der Waals surface area contributed by atoms with E-state index in [9.17, 15) is 0 Å². The number of benzene rings is 1. The van der Waals surface area contributed by atoms with Gasteiger partial charge in [-0.2, -0.15) is 0 Å². The Hall–Kier alpha value is -0.860. The fourth-order valence-corrected chi connectivity index (χ4v) is 3.62. The van der Waals surface area contributed by atoms with Gasteiger partial charge in [-0.15, -0.1) is 0 Å². The van der Waals surface area contributed by atoms with Gasteiger partial charge in [0, 0.05) is 25.2 Å². The van der Waals surface area contributed by atoms with Crippen LogP contribution in [0.5, 0.6) is 0 Å². The summed E-state index contributed by atoms with van der Waals surface area (Å²) in [6.07, 6.45) is 6.72. The maximum absolute atomic E-state index is 6.14. The minimum Gasteiger partial charge on any atom is -0.329 e. The molecule has 0 spiro atoms. The van der Waals surface area contributed by atoms with Crippen molar-refractivity contribution in [2.75, 3.05) is 13.1 Å². The number of nitrogens with zero attached hydrogens (tertiary/aromatic N) is 1. The molecule has 0 radical (unpaired) electrons. The van der Waals surface area contributed by atoms with Crippen LogP contribution in [0.2, 0.25) is 0 Å². The van der Waals surface area contributed by atoms with Crippen LogP contribution in [-0.2, 0) is 13.0 Å². The number of hydrogen-bond donors (Lipinski definition) is 1. The molecule has 1 aromatic rings. The molecule has 104 valence electrons. The molecule has 0 bridgehead atoms. The smallest absolute Gasteiger partial charge is 0.0309 e. The van der Waals surface area contributed by atoms with Crippen molar-refractivity contribution in [1.82, 2.24) is 4.90 Å². The highest BCUT2D eigenvalue weighted by Gasteiger charge is 2.36. The van der Waals surface area contributed by atoms with Crippen molar-refractivity contribution in [3.05, 3.63) is 35.4 Å². The Labute approximate surface area is 117 Å². The SMILES string of the molecule is CC(CN)(CC1CCC1)N1CCc2ccccc2C1. The molecule has 2 N–H and O–H groups in total. The van der Waals surface area contributed by atoms with Crippen LogP contribution in [0.4, 0.5) is 0 Å². The Morgan fingerprint density at radius 3 is 2.63 bits per heavy atom. The molecule has 0 amide bonds. The number of rotatable bonds is 4. The number of nitrogens with two attached hydrogens (primary N) is 1. The second-order valence-corrected chi connectivity index (χ2v) is 6.64. The van der Waals surface area contributed by atoms with Gasteiger partial charge < -0.3 is 5.73 Å². The van der Waals surface area contributed by atoms with Crippen molar-refractivity contribution >= 4 is 0 Å². The van der Waals surface area contributed by atoms with Crippen molar-refractivity contribution in [3.63, 3.8) is 0 Å². The average molecular weight is 258 g/mol. The molecule has 2 aliphatic rings. The molecule has 1 heterocycles. The fraction of sp³-hybridized carbons (Fsp3) is 0.647. The molecule has 1 unspecified atom stereocenters. The highest BCUT2D eigenvalue weighted by atomic mass is 15.2. The molecule has 19 heavy (non-hydrogen) atoms. The summed E-state index contributed by atoms with van der Waals surface area (Å²) in [7, 11) is 0. The number of hydrogen-bond acceptors (Lipinski definition) is 2. The summed E-state index contributed by atoms with van der Waals surface area (Å²) >= 11 is 0. The van der Waals surface area contributed by atoms with Crippen molar-refractivity contribution < 1.29 is 0 Å². The van der Waals surface area contributed by atoms with E-state index < -0.39 is 0 Å². The van der Waals surface area contributed by atoms with Crippen LogP contribution >= 0.6 is 0 Å². The number of fused-ring (bicyclic) bond motifs is 1. The summed E-state index contributed by atoms with van der Waals surface area (Å²) in [6.45, 7) is 5.40. The molecule has 1 aromatic carbocycles. The summed E-state index contributed by atoms with van der Waals surface area (Å²) in [5.74, 6) is 0.922. The lowest BCUT2D eigenvalue weighted by atomic mass is 9.75. The predicted octanol–water partition coefficient (Wildman–Crippen LogP) is 2.95. The highest BCUT2D eigenvalue weighted by Crippen LogP contribution is 2.37. The van der Waals surface area contributed by atoms with Gasteiger partial charge in [0.05, 0.1) is 0 Å². The Morgan fingerprint density at radius 1 is 1.26 bits per heavy atom. The molecule has 1 aliphatic carbocycles. The zero-order valence-electron chi connectivity index (χ0n) is 12.1. The predicted molar refractivity (Wildman–Crippen MR) is 80.0 cm³/mol. The zero-order valence-corrected chi connectivity index (χ0v) is 12.1. The first-order chi connectivity index (χ1) is 9.21.